The van der Waals surface area contributed by atoms with Gasteiger partial charge in [0.25, 0.3) is 6.43 Å². The second-order valence-electron chi connectivity index (χ2n) is 3.04. The van der Waals surface area contributed by atoms with E-state index in [0.717, 1.165) is 4.68 Å². The Morgan fingerprint density at radius 2 is 2.13 bits per heavy atom. The lowest BCUT2D eigenvalue weighted by Crippen LogP contribution is -2.19. The Kier molecular flexibility index (Phi) is 3.63. The van der Waals surface area contributed by atoms with Crippen molar-refractivity contribution < 1.29 is 18.7 Å². The molecule has 1 N–H and O–H groups in total. The Balaban J connectivity index is 3.29. The molecule has 7 heteroatoms. The molecular formula is C8H9F2IN2O2. The summed E-state index contributed by atoms with van der Waals surface area (Å²) in [5.74, 6) is -1.18. The number of nitrogens with zero attached hydrogens (tertiary/aromatic N) is 2. The molecule has 1 rings (SSSR count). The number of rotatable bonds is 3. The molecule has 1 heterocycles. The molecule has 0 bridgehead atoms. The van der Waals surface area contributed by atoms with Crippen molar-refractivity contribution in [3.8, 4) is 0 Å². The molecule has 0 aliphatic carbocycles. The number of carboxylic acids is 1. The molecule has 84 valence electrons. The van der Waals surface area contributed by atoms with Crippen molar-refractivity contribution in [2.45, 2.75) is 26.3 Å². The van der Waals surface area contributed by atoms with Crippen LogP contribution in [0.3, 0.4) is 0 Å². The molecule has 0 aliphatic rings. The first-order valence-corrected chi connectivity index (χ1v) is 5.19. The van der Waals surface area contributed by atoms with Gasteiger partial charge in [-0.3, -0.25) is 0 Å². The van der Waals surface area contributed by atoms with Crippen molar-refractivity contribution in [1.82, 2.24) is 9.78 Å². The predicted molar refractivity (Wildman–Crippen MR) is 57.0 cm³/mol. The number of aromatic nitrogens is 2. The van der Waals surface area contributed by atoms with Gasteiger partial charge in [0, 0.05) is 0 Å². The highest BCUT2D eigenvalue weighted by molar-refractivity contribution is 14.1. The molecule has 0 saturated heterocycles. The zero-order valence-electron chi connectivity index (χ0n) is 8.04. The molecule has 0 spiro atoms. The lowest BCUT2D eigenvalue weighted by Gasteiger charge is -2.10. The minimum Gasteiger partial charge on any atom is -0.480 e. The van der Waals surface area contributed by atoms with E-state index in [1.165, 1.54) is 6.92 Å². The Labute approximate surface area is 98.4 Å². The Hall–Kier alpha value is -0.730. The highest BCUT2D eigenvalue weighted by Gasteiger charge is 2.26. The molecule has 1 aromatic heterocycles. The number of alkyl halides is 2. The molecule has 0 aromatic carbocycles. The summed E-state index contributed by atoms with van der Waals surface area (Å²) in [4.78, 5) is 10.7. The van der Waals surface area contributed by atoms with Crippen molar-refractivity contribution in [3.05, 3.63) is 15.0 Å². The molecule has 0 fully saturated rings. The number of carbonyl (C=O) groups is 1. The first-order valence-electron chi connectivity index (χ1n) is 4.11. The van der Waals surface area contributed by atoms with E-state index in [1.54, 1.807) is 29.5 Å². The fourth-order valence-electron chi connectivity index (χ4n) is 1.14. The van der Waals surface area contributed by atoms with Crippen LogP contribution in [0.1, 0.15) is 30.8 Å². The quantitative estimate of drug-likeness (QED) is 0.866. The predicted octanol–water partition coefficient (Wildman–Crippen LogP) is 2.38. The number of hydrogen-bond acceptors (Lipinski definition) is 2. The van der Waals surface area contributed by atoms with E-state index >= 15 is 0 Å². The highest BCUT2D eigenvalue weighted by atomic mass is 127. The molecule has 15 heavy (non-hydrogen) atoms. The monoisotopic (exact) mass is 330 g/mol. The Morgan fingerprint density at radius 1 is 1.60 bits per heavy atom. The minimum absolute atomic E-state index is 0.315. The smallest absolute Gasteiger partial charge is 0.328 e. The summed E-state index contributed by atoms with van der Waals surface area (Å²) in [6, 6.07) is -1.09. The van der Waals surface area contributed by atoms with Gasteiger partial charge in [0.05, 0.1) is 9.26 Å². The third kappa shape index (κ3) is 2.27. The standard InChI is InChI=1S/C8H9F2IN2O2/c1-3-5(11)6(7(9)10)13(12-3)4(2)8(14)15/h4,7H,1-2H3,(H,14,15). The van der Waals surface area contributed by atoms with Crippen LogP contribution >= 0.6 is 22.6 Å². The topological polar surface area (TPSA) is 55.1 Å². The van der Waals surface area contributed by atoms with Crippen LogP contribution in [0.15, 0.2) is 0 Å². The maximum atomic E-state index is 12.7. The van der Waals surface area contributed by atoms with Gasteiger partial charge >= 0.3 is 5.97 Å². The van der Waals surface area contributed by atoms with Crippen LogP contribution in [0.4, 0.5) is 8.78 Å². The van der Waals surface area contributed by atoms with E-state index in [4.69, 9.17) is 5.11 Å². The number of hydrogen-bond donors (Lipinski definition) is 1. The van der Waals surface area contributed by atoms with Crippen LogP contribution in [-0.4, -0.2) is 20.9 Å². The van der Waals surface area contributed by atoms with Crippen molar-refractivity contribution >= 4 is 28.6 Å². The molecule has 1 atom stereocenters. The summed E-state index contributed by atoms with van der Waals surface area (Å²) in [5.41, 5.74) is 0.0852. The highest BCUT2D eigenvalue weighted by Crippen LogP contribution is 2.28. The van der Waals surface area contributed by atoms with Gasteiger partial charge in [0.15, 0.2) is 0 Å². The van der Waals surface area contributed by atoms with Crippen LogP contribution in [0.25, 0.3) is 0 Å². The van der Waals surface area contributed by atoms with E-state index in [-0.39, 0.29) is 5.69 Å². The normalized spacial score (nSPS) is 13.2. The van der Waals surface area contributed by atoms with Crippen molar-refractivity contribution in [2.75, 3.05) is 0 Å². The van der Waals surface area contributed by atoms with Gasteiger partial charge in [0.2, 0.25) is 0 Å². The largest absolute Gasteiger partial charge is 0.480 e. The molecule has 0 aliphatic heterocycles. The van der Waals surface area contributed by atoms with Gasteiger partial charge in [0.1, 0.15) is 11.7 Å². The fourth-order valence-corrected chi connectivity index (χ4v) is 1.73. The van der Waals surface area contributed by atoms with E-state index in [1.807, 2.05) is 0 Å². The number of carboxylic acid groups (broad SMARTS) is 1. The fraction of sp³-hybridized carbons (Fsp3) is 0.500. The number of aryl methyl sites for hydroxylation is 1. The second-order valence-corrected chi connectivity index (χ2v) is 4.12. The first-order chi connectivity index (χ1) is 6.86. The molecule has 1 aromatic rings. The third-order valence-electron chi connectivity index (χ3n) is 1.98. The van der Waals surface area contributed by atoms with Crippen LogP contribution in [0.2, 0.25) is 0 Å². The lowest BCUT2D eigenvalue weighted by molar-refractivity contribution is -0.140. The summed E-state index contributed by atoms with van der Waals surface area (Å²) in [6.07, 6.45) is -2.72. The SMILES string of the molecule is Cc1nn(C(C)C(=O)O)c(C(F)F)c1I. The number of aliphatic carboxylic acids is 1. The maximum Gasteiger partial charge on any atom is 0.328 e. The van der Waals surface area contributed by atoms with E-state index in [9.17, 15) is 13.6 Å². The molecular weight excluding hydrogens is 321 g/mol. The molecule has 4 nitrogen and oxygen atoms in total. The summed E-state index contributed by atoms with van der Waals surface area (Å²) >= 11 is 1.74. The summed E-state index contributed by atoms with van der Waals surface area (Å²) < 4.78 is 26.5. The molecule has 0 amide bonds. The van der Waals surface area contributed by atoms with Gasteiger partial charge in [-0.1, -0.05) is 0 Å². The number of halogens is 3. The van der Waals surface area contributed by atoms with E-state index in [0.29, 0.717) is 9.26 Å². The average molecular weight is 330 g/mol. The van der Waals surface area contributed by atoms with E-state index < -0.39 is 18.4 Å². The Bertz CT molecular complexity index is 392. The van der Waals surface area contributed by atoms with E-state index in [2.05, 4.69) is 5.10 Å². The van der Waals surface area contributed by atoms with Gasteiger partial charge in [-0.15, -0.1) is 0 Å². The second kappa shape index (κ2) is 4.42. The zero-order chi connectivity index (χ0) is 11.7. The van der Waals surface area contributed by atoms with Crippen molar-refractivity contribution in [2.24, 2.45) is 0 Å². The lowest BCUT2D eigenvalue weighted by atomic mass is 10.3. The zero-order valence-corrected chi connectivity index (χ0v) is 10.2. The van der Waals surface area contributed by atoms with Crippen LogP contribution in [0.5, 0.6) is 0 Å². The van der Waals surface area contributed by atoms with Gasteiger partial charge in [-0.05, 0) is 36.4 Å². The minimum atomic E-state index is -2.72. The van der Waals surface area contributed by atoms with Crippen molar-refractivity contribution in [1.29, 1.82) is 0 Å². The van der Waals surface area contributed by atoms with Crippen LogP contribution < -0.4 is 0 Å². The summed E-state index contributed by atoms with van der Waals surface area (Å²) in [6.45, 7) is 2.88. The first kappa shape index (κ1) is 12.3. The maximum absolute atomic E-state index is 12.7. The summed E-state index contributed by atoms with van der Waals surface area (Å²) in [5, 5.41) is 12.5. The van der Waals surface area contributed by atoms with Gasteiger partial charge < -0.3 is 5.11 Å². The average Bonchev–Trinajstić information content (AvgIpc) is 2.41. The van der Waals surface area contributed by atoms with Crippen molar-refractivity contribution in [3.63, 3.8) is 0 Å². The molecule has 0 saturated carbocycles. The van der Waals surface area contributed by atoms with Crippen LogP contribution in [-0.2, 0) is 4.79 Å². The Morgan fingerprint density at radius 3 is 2.53 bits per heavy atom. The molecule has 0 radical (unpaired) electrons. The third-order valence-corrected chi connectivity index (χ3v) is 3.31. The van der Waals surface area contributed by atoms with Crippen LogP contribution in [0, 0.1) is 10.5 Å². The molecule has 1 unspecified atom stereocenters. The summed E-state index contributed by atoms with van der Waals surface area (Å²) in [7, 11) is 0. The van der Waals surface area contributed by atoms with Gasteiger partial charge in [-0.25, -0.2) is 18.3 Å². The van der Waals surface area contributed by atoms with Gasteiger partial charge in [-0.2, -0.15) is 5.10 Å².